The van der Waals surface area contributed by atoms with E-state index in [0.717, 1.165) is 19.3 Å². The van der Waals surface area contributed by atoms with Gasteiger partial charge in [0, 0.05) is 6.54 Å². The van der Waals surface area contributed by atoms with E-state index in [1.54, 1.807) is 11.8 Å². The number of nitrogens with one attached hydrogen (secondary N) is 2. The average Bonchev–Trinajstić information content (AvgIpc) is 2.87. The number of urea groups is 1. The molecule has 0 aliphatic carbocycles. The van der Waals surface area contributed by atoms with Crippen molar-refractivity contribution in [2.75, 3.05) is 26.2 Å². The van der Waals surface area contributed by atoms with Gasteiger partial charge < -0.3 is 10.1 Å². The van der Waals surface area contributed by atoms with Crippen LogP contribution in [0.15, 0.2) is 0 Å². The lowest BCUT2D eigenvalue weighted by atomic mass is 10.2. The lowest BCUT2D eigenvalue weighted by molar-refractivity contribution is -0.148. The maximum absolute atomic E-state index is 11.8. The number of hydrogen-bond acceptors (Lipinski definition) is 5. The average molecular weight is 299 g/mol. The molecule has 1 fully saturated rings. The normalized spacial score (nSPS) is 18.3. The molecule has 0 aromatic carbocycles. The minimum Gasteiger partial charge on any atom is -0.465 e. The lowest BCUT2D eigenvalue weighted by Crippen LogP contribution is -2.47. The molecule has 2 N–H and O–H groups in total. The van der Waals surface area contributed by atoms with E-state index in [1.165, 1.54) is 0 Å². The summed E-state index contributed by atoms with van der Waals surface area (Å²) in [6, 6.07) is -0.862. The quantitative estimate of drug-likeness (QED) is 0.532. The Kier molecular flexibility index (Phi) is 7.74. The monoisotopic (exact) mass is 299 g/mol. The predicted octanol–water partition coefficient (Wildman–Crippen LogP) is 0.640. The molecule has 1 rings (SSSR count). The Morgan fingerprint density at radius 2 is 2.05 bits per heavy atom. The summed E-state index contributed by atoms with van der Waals surface area (Å²) in [5.74, 6) is -0.699. The molecule has 7 nitrogen and oxygen atoms in total. The molecule has 7 heteroatoms. The molecular formula is C14H25N3O4. The van der Waals surface area contributed by atoms with Crippen molar-refractivity contribution in [1.82, 2.24) is 15.5 Å². The van der Waals surface area contributed by atoms with Crippen LogP contribution in [0.5, 0.6) is 0 Å². The van der Waals surface area contributed by atoms with Crippen LogP contribution >= 0.6 is 0 Å². The van der Waals surface area contributed by atoms with E-state index in [0.29, 0.717) is 26.1 Å². The van der Waals surface area contributed by atoms with Gasteiger partial charge in [-0.2, -0.15) is 0 Å². The Bertz CT molecular complexity index is 373. The molecular weight excluding hydrogens is 274 g/mol. The molecule has 1 aliphatic heterocycles. The smallest absolute Gasteiger partial charge is 0.323 e. The number of imide groups is 1. The number of likely N-dealkylation sites (tertiary alicyclic amines) is 1. The summed E-state index contributed by atoms with van der Waals surface area (Å²) in [5, 5.41) is 4.89. The standard InChI is InChI=1S/C14H25N3O4/c1-3-5-8-15-14(20)16-12(18)10-17-9-6-7-11(17)13(19)21-4-2/h11H,3-10H2,1-2H3,(H2,15,16,18,20). The van der Waals surface area contributed by atoms with Crippen LogP contribution in [0.2, 0.25) is 0 Å². The summed E-state index contributed by atoms with van der Waals surface area (Å²) in [5.41, 5.74) is 0. The second kappa shape index (κ2) is 9.33. The predicted molar refractivity (Wildman–Crippen MR) is 77.7 cm³/mol. The van der Waals surface area contributed by atoms with Crippen molar-refractivity contribution in [3.63, 3.8) is 0 Å². The summed E-state index contributed by atoms with van der Waals surface area (Å²) >= 11 is 0. The molecule has 0 saturated carbocycles. The van der Waals surface area contributed by atoms with Crippen LogP contribution in [0.4, 0.5) is 4.79 Å². The first kappa shape index (κ1) is 17.4. The topological polar surface area (TPSA) is 87.7 Å². The van der Waals surface area contributed by atoms with Crippen molar-refractivity contribution in [3.8, 4) is 0 Å². The molecule has 3 amide bonds. The van der Waals surface area contributed by atoms with Gasteiger partial charge in [-0.25, -0.2) is 4.79 Å². The molecule has 120 valence electrons. The van der Waals surface area contributed by atoms with Crippen LogP contribution < -0.4 is 10.6 Å². The van der Waals surface area contributed by atoms with E-state index in [-0.39, 0.29) is 18.6 Å². The van der Waals surface area contributed by atoms with Gasteiger partial charge in [-0.1, -0.05) is 13.3 Å². The zero-order valence-corrected chi connectivity index (χ0v) is 12.8. The fourth-order valence-corrected chi connectivity index (χ4v) is 2.29. The van der Waals surface area contributed by atoms with E-state index < -0.39 is 11.9 Å². The molecule has 0 radical (unpaired) electrons. The largest absolute Gasteiger partial charge is 0.465 e. The van der Waals surface area contributed by atoms with Crippen molar-refractivity contribution in [1.29, 1.82) is 0 Å². The van der Waals surface area contributed by atoms with E-state index >= 15 is 0 Å². The molecule has 1 saturated heterocycles. The van der Waals surface area contributed by atoms with Crippen LogP contribution in [0.1, 0.15) is 39.5 Å². The van der Waals surface area contributed by atoms with Gasteiger partial charge in [0.1, 0.15) is 6.04 Å². The Balaban J connectivity index is 2.35. The maximum atomic E-state index is 11.8. The molecule has 0 aromatic rings. The summed E-state index contributed by atoms with van der Waals surface area (Å²) in [4.78, 5) is 36.8. The number of hydrogen-bond donors (Lipinski definition) is 2. The third-order valence-electron chi connectivity index (χ3n) is 3.34. The summed E-state index contributed by atoms with van der Waals surface area (Å²) in [7, 11) is 0. The van der Waals surface area contributed by atoms with Gasteiger partial charge in [0.25, 0.3) is 0 Å². The van der Waals surface area contributed by atoms with Crippen molar-refractivity contribution in [3.05, 3.63) is 0 Å². The van der Waals surface area contributed by atoms with Crippen LogP contribution in [0, 0.1) is 0 Å². The minimum atomic E-state index is -0.486. The third-order valence-corrected chi connectivity index (χ3v) is 3.34. The number of unbranched alkanes of at least 4 members (excludes halogenated alkanes) is 1. The zero-order valence-electron chi connectivity index (χ0n) is 12.8. The van der Waals surface area contributed by atoms with E-state index in [1.807, 2.05) is 6.92 Å². The van der Waals surface area contributed by atoms with Gasteiger partial charge in [0.2, 0.25) is 5.91 Å². The summed E-state index contributed by atoms with van der Waals surface area (Å²) in [6.45, 7) is 5.34. The molecule has 1 heterocycles. The van der Waals surface area contributed by atoms with Gasteiger partial charge in [-0.05, 0) is 32.7 Å². The van der Waals surface area contributed by atoms with Gasteiger partial charge in [-0.3, -0.25) is 19.8 Å². The summed E-state index contributed by atoms with van der Waals surface area (Å²) in [6.07, 6.45) is 3.39. The highest BCUT2D eigenvalue weighted by molar-refractivity contribution is 5.95. The van der Waals surface area contributed by atoms with E-state index in [9.17, 15) is 14.4 Å². The Hall–Kier alpha value is -1.63. The number of ether oxygens (including phenoxy) is 1. The molecule has 1 atom stereocenters. The highest BCUT2D eigenvalue weighted by Gasteiger charge is 2.33. The minimum absolute atomic E-state index is 0.0324. The Labute approximate surface area is 125 Å². The number of nitrogens with zero attached hydrogens (tertiary/aromatic N) is 1. The molecule has 1 aliphatic rings. The summed E-state index contributed by atoms with van der Waals surface area (Å²) < 4.78 is 4.99. The fourth-order valence-electron chi connectivity index (χ4n) is 2.29. The van der Waals surface area contributed by atoms with E-state index in [4.69, 9.17) is 4.74 Å². The molecule has 0 spiro atoms. The van der Waals surface area contributed by atoms with Crippen LogP contribution in [-0.2, 0) is 14.3 Å². The first-order chi connectivity index (χ1) is 10.1. The van der Waals surface area contributed by atoms with Gasteiger partial charge >= 0.3 is 12.0 Å². The number of amides is 3. The van der Waals surface area contributed by atoms with Crippen molar-refractivity contribution in [2.45, 2.75) is 45.6 Å². The number of carbonyl (C=O) groups excluding carboxylic acids is 3. The molecule has 21 heavy (non-hydrogen) atoms. The first-order valence-electron chi connectivity index (χ1n) is 7.56. The van der Waals surface area contributed by atoms with Gasteiger partial charge in [0.15, 0.2) is 0 Å². The van der Waals surface area contributed by atoms with Crippen LogP contribution in [0.3, 0.4) is 0 Å². The Morgan fingerprint density at radius 3 is 2.71 bits per heavy atom. The molecule has 0 bridgehead atoms. The molecule has 0 aromatic heterocycles. The highest BCUT2D eigenvalue weighted by atomic mass is 16.5. The van der Waals surface area contributed by atoms with Crippen LogP contribution in [-0.4, -0.2) is 55.1 Å². The third kappa shape index (κ3) is 6.12. The van der Waals surface area contributed by atoms with Gasteiger partial charge in [-0.15, -0.1) is 0 Å². The van der Waals surface area contributed by atoms with Crippen LogP contribution in [0.25, 0.3) is 0 Å². The van der Waals surface area contributed by atoms with E-state index in [2.05, 4.69) is 10.6 Å². The fraction of sp³-hybridized carbons (Fsp3) is 0.786. The maximum Gasteiger partial charge on any atom is 0.323 e. The first-order valence-corrected chi connectivity index (χ1v) is 7.56. The number of esters is 1. The number of carbonyl (C=O) groups is 3. The van der Waals surface area contributed by atoms with Crippen molar-refractivity contribution < 1.29 is 19.1 Å². The van der Waals surface area contributed by atoms with Crippen molar-refractivity contribution in [2.24, 2.45) is 0 Å². The Morgan fingerprint density at radius 1 is 1.29 bits per heavy atom. The second-order valence-electron chi connectivity index (χ2n) is 5.04. The zero-order chi connectivity index (χ0) is 15.7. The van der Waals surface area contributed by atoms with Gasteiger partial charge in [0.05, 0.1) is 13.2 Å². The number of rotatable bonds is 7. The second-order valence-corrected chi connectivity index (χ2v) is 5.04. The lowest BCUT2D eigenvalue weighted by Gasteiger charge is -2.21. The van der Waals surface area contributed by atoms with Crippen molar-refractivity contribution >= 4 is 17.9 Å². The highest BCUT2D eigenvalue weighted by Crippen LogP contribution is 2.17. The molecule has 1 unspecified atom stereocenters. The SMILES string of the molecule is CCCCNC(=O)NC(=O)CN1CCCC1C(=O)OCC.